The zero-order valence-corrected chi connectivity index (χ0v) is 23.9. The van der Waals surface area contributed by atoms with Gasteiger partial charge in [-0.15, -0.1) is 0 Å². The first-order valence-electron chi connectivity index (χ1n) is 13.0. The molecule has 1 aliphatic rings. The van der Waals surface area contributed by atoms with Crippen LogP contribution in [0.1, 0.15) is 40.2 Å². The molecule has 3 N–H and O–H groups in total. The van der Waals surface area contributed by atoms with Gasteiger partial charge in [-0.25, -0.2) is 15.0 Å². The topological polar surface area (TPSA) is 153 Å². The molecule has 0 aliphatic carbocycles. The average Bonchev–Trinajstić information content (AvgIpc) is 3.52. The Bertz CT molecular complexity index is 1350. The molecular formula is C26H37N6O6P. The van der Waals surface area contributed by atoms with Crippen molar-refractivity contribution in [2.45, 2.75) is 65.8 Å². The lowest BCUT2D eigenvalue weighted by molar-refractivity contribution is -0.150. The Hall–Kier alpha value is -3.21. The molecule has 3 aromatic rings. The van der Waals surface area contributed by atoms with Gasteiger partial charge < -0.3 is 33.8 Å². The second-order valence-corrected chi connectivity index (χ2v) is 13.1. The van der Waals surface area contributed by atoms with Crippen molar-refractivity contribution >= 4 is 30.2 Å². The summed E-state index contributed by atoms with van der Waals surface area (Å²) in [4.78, 5) is 25.4. The van der Waals surface area contributed by atoms with Crippen molar-refractivity contribution in [2.75, 3.05) is 25.0 Å². The first-order valence-corrected chi connectivity index (χ1v) is 15.1. The standard InChI is InChI=1S/C26H37N6O6P/c1-16(2)22(26(33)38-17(3)4)31-39(34,9-8-19-6-7-20-21(10-19)36-14-35-20)15-37-18(5)11-32-13-30-23-24(27)28-12-29-25(23)32/h6-7,10,12-13,16-18,22H,8-9,11,14-15H2,1-5H3,(H,31,34)(H2,27,28,29)/t18-,22?,39?/m1/s1. The Labute approximate surface area is 228 Å². The van der Waals surface area contributed by atoms with Gasteiger partial charge in [-0.1, -0.05) is 19.9 Å². The molecule has 1 aliphatic heterocycles. The Morgan fingerprint density at radius 3 is 2.67 bits per heavy atom. The number of nitrogens with one attached hydrogen (secondary N) is 1. The van der Waals surface area contributed by atoms with Crippen molar-refractivity contribution in [1.82, 2.24) is 24.6 Å². The molecule has 12 nitrogen and oxygen atoms in total. The second-order valence-electron chi connectivity index (χ2n) is 10.3. The van der Waals surface area contributed by atoms with E-state index in [0.717, 1.165) is 5.56 Å². The number of nitrogens with two attached hydrogens (primary N) is 1. The quantitative estimate of drug-likeness (QED) is 0.233. The summed E-state index contributed by atoms with van der Waals surface area (Å²) in [5, 5.41) is 3.15. The molecule has 2 unspecified atom stereocenters. The lowest BCUT2D eigenvalue weighted by atomic mass is 10.1. The summed E-state index contributed by atoms with van der Waals surface area (Å²) in [6.07, 6.45) is 3.09. The summed E-state index contributed by atoms with van der Waals surface area (Å²) in [5.41, 5.74) is 7.96. The molecule has 3 atom stereocenters. The summed E-state index contributed by atoms with van der Waals surface area (Å²) in [6, 6.07) is 4.91. The van der Waals surface area contributed by atoms with Crippen LogP contribution in [0.4, 0.5) is 5.82 Å². The number of rotatable bonds is 13. The van der Waals surface area contributed by atoms with Gasteiger partial charge in [0.25, 0.3) is 0 Å². The van der Waals surface area contributed by atoms with Crippen molar-refractivity contribution in [2.24, 2.45) is 5.92 Å². The smallest absolute Gasteiger partial charge is 0.324 e. The van der Waals surface area contributed by atoms with Crippen LogP contribution in [0.3, 0.4) is 0 Å². The van der Waals surface area contributed by atoms with Gasteiger partial charge in [-0.2, -0.15) is 0 Å². The molecule has 0 saturated heterocycles. The number of aryl methyl sites for hydroxylation is 1. The molecule has 1 aromatic carbocycles. The van der Waals surface area contributed by atoms with Crippen LogP contribution in [0.25, 0.3) is 11.2 Å². The maximum atomic E-state index is 14.3. The van der Waals surface area contributed by atoms with Crippen molar-refractivity contribution in [3.05, 3.63) is 36.4 Å². The Morgan fingerprint density at radius 1 is 1.15 bits per heavy atom. The van der Waals surface area contributed by atoms with Crippen molar-refractivity contribution in [3.8, 4) is 11.5 Å². The third kappa shape index (κ3) is 7.26. The van der Waals surface area contributed by atoms with E-state index in [4.69, 9.17) is 24.7 Å². The highest BCUT2D eigenvalue weighted by Gasteiger charge is 2.34. The van der Waals surface area contributed by atoms with Gasteiger partial charge in [0.05, 0.1) is 25.1 Å². The summed E-state index contributed by atoms with van der Waals surface area (Å²) in [7, 11) is -3.23. The number of nitrogen functional groups attached to an aromatic ring is 1. The third-order valence-corrected chi connectivity index (χ3v) is 8.56. The lowest BCUT2D eigenvalue weighted by Crippen LogP contribution is -2.42. The number of anilines is 1. The maximum absolute atomic E-state index is 14.3. The van der Waals surface area contributed by atoms with Gasteiger partial charge >= 0.3 is 5.97 Å². The van der Waals surface area contributed by atoms with E-state index in [2.05, 4.69) is 20.0 Å². The predicted molar refractivity (Wildman–Crippen MR) is 147 cm³/mol. The number of benzene rings is 1. The van der Waals surface area contributed by atoms with Crippen LogP contribution >= 0.6 is 7.29 Å². The minimum absolute atomic E-state index is 0.0688. The van der Waals surface area contributed by atoms with E-state index in [1.807, 2.05) is 43.5 Å². The molecule has 39 heavy (non-hydrogen) atoms. The van der Waals surface area contributed by atoms with E-state index >= 15 is 0 Å². The molecule has 212 valence electrons. The largest absolute Gasteiger partial charge is 0.462 e. The number of nitrogens with zero attached hydrogens (tertiary/aromatic N) is 4. The van der Waals surface area contributed by atoms with E-state index in [1.54, 1.807) is 20.2 Å². The fourth-order valence-electron chi connectivity index (χ4n) is 4.22. The van der Waals surface area contributed by atoms with Crippen LogP contribution in [0.2, 0.25) is 0 Å². The van der Waals surface area contributed by atoms with Gasteiger partial charge in [-0.05, 0) is 50.8 Å². The van der Waals surface area contributed by atoms with Crippen molar-refractivity contribution < 1.29 is 28.3 Å². The third-order valence-electron chi connectivity index (χ3n) is 6.30. The van der Waals surface area contributed by atoms with Gasteiger partial charge in [0.1, 0.15) is 24.2 Å². The number of imidazole rings is 1. The summed E-state index contributed by atoms with van der Waals surface area (Å²) < 4.78 is 38.6. The molecular weight excluding hydrogens is 523 g/mol. The van der Waals surface area contributed by atoms with Crippen molar-refractivity contribution in [3.63, 3.8) is 0 Å². The Balaban J connectivity index is 1.48. The lowest BCUT2D eigenvalue weighted by Gasteiger charge is -2.29. The SMILES string of the molecule is CC(C)OC(=O)C(NP(=O)(CCc1ccc2c(c1)OCO2)CO[C@H](C)Cn1cnc2c(N)ncnc21)C(C)C. The van der Waals surface area contributed by atoms with Crippen LogP contribution < -0.4 is 20.3 Å². The zero-order chi connectivity index (χ0) is 28.2. The highest BCUT2D eigenvalue weighted by molar-refractivity contribution is 7.61. The molecule has 0 fully saturated rings. The van der Waals surface area contributed by atoms with Gasteiger partial charge in [-0.3, -0.25) is 9.88 Å². The number of aromatic nitrogens is 4. The minimum atomic E-state index is -3.23. The Morgan fingerprint density at radius 2 is 1.92 bits per heavy atom. The van der Waals surface area contributed by atoms with Crippen LogP contribution in [0.15, 0.2) is 30.9 Å². The molecule has 13 heteroatoms. The van der Waals surface area contributed by atoms with Gasteiger partial charge in [0.2, 0.25) is 6.79 Å². The number of esters is 1. The normalized spacial score (nSPS) is 16.0. The van der Waals surface area contributed by atoms with Gasteiger partial charge in [0, 0.05) is 6.16 Å². The monoisotopic (exact) mass is 560 g/mol. The summed E-state index contributed by atoms with van der Waals surface area (Å²) >= 11 is 0. The summed E-state index contributed by atoms with van der Waals surface area (Å²) in [6.45, 7) is 9.84. The fraction of sp³-hybridized carbons (Fsp3) is 0.538. The van der Waals surface area contributed by atoms with E-state index < -0.39 is 19.3 Å². The molecule has 4 rings (SSSR count). The summed E-state index contributed by atoms with van der Waals surface area (Å²) in [5.74, 6) is 1.08. The van der Waals surface area contributed by atoms with E-state index in [0.29, 0.717) is 41.4 Å². The number of hydrogen-bond donors (Lipinski definition) is 2. The first-order chi connectivity index (χ1) is 18.5. The van der Waals surface area contributed by atoms with Crippen molar-refractivity contribution in [1.29, 1.82) is 0 Å². The molecule has 2 aromatic heterocycles. The molecule has 0 radical (unpaired) electrons. The fourth-order valence-corrected chi connectivity index (χ4v) is 6.57. The van der Waals surface area contributed by atoms with Gasteiger partial charge in [0.15, 0.2) is 30.3 Å². The average molecular weight is 561 g/mol. The molecule has 3 heterocycles. The van der Waals surface area contributed by atoms with E-state index in [1.165, 1.54) is 6.33 Å². The number of ether oxygens (including phenoxy) is 4. The number of carbonyl (C=O) groups excluding carboxylic acids is 1. The molecule has 0 bridgehead atoms. The van der Waals surface area contributed by atoms with Crippen LogP contribution in [-0.4, -0.2) is 63.0 Å². The second kappa shape index (κ2) is 12.3. The number of fused-ring (bicyclic) bond motifs is 2. The molecule has 0 spiro atoms. The zero-order valence-electron chi connectivity index (χ0n) is 23.0. The number of carbonyl (C=O) groups is 1. The van der Waals surface area contributed by atoms with E-state index in [-0.39, 0.29) is 37.4 Å². The first kappa shape index (κ1) is 28.8. The minimum Gasteiger partial charge on any atom is -0.462 e. The van der Waals surface area contributed by atoms with E-state index in [9.17, 15) is 9.36 Å². The maximum Gasteiger partial charge on any atom is 0.324 e. The highest BCUT2D eigenvalue weighted by atomic mass is 31.2. The molecule has 0 amide bonds. The number of hydrogen-bond acceptors (Lipinski definition) is 10. The molecule has 0 saturated carbocycles. The van der Waals surface area contributed by atoms with Crippen LogP contribution in [0, 0.1) is 5.92 Å². The highest BCUT2D eigenvalue weighted by Crippen LogP contribution is 2.44. The van der Waals surface area contributed by atoms with Crippen LogP contribution in [0.5, 0.6) is 11.5 Å². The predicted octanol–water partition coefficient (Wildman–Crippen LogP) is 3.59. The Kier molecular flexibility index (Phi) is 9.09. The van der Waals surface area contributed by atoms with Crippen LogP contribution in [-0.2, 0) is 31.8 Å².